The SMILES string of the molecule is CC(C)(C)N(C(=O)C1CCC(=O)N1c1cccc(C(=O)O)c1)c1ccon1. The molecule has 1 atom stereocenters. The fourth-order valence-corrected chi connectivity index (χ4v) is 3.29. The molecule has 1 saturated heterocycles. The van der Waals surface area contributed by atoms with Gasteiger partial charge in [-0.2, -0.15) is 0 Å². The van der Waals surface area contributed by atoms with Crippen molar-refractivity contribution in [1.29, 1.82) is 0 Å². The molecule has 1 fully saturated rings. The Bertz CT molecular complexity index is 870. The molecule has 0 spiro atoms. The van der Waals surface area contributed by atoms with Gasteiger partial charge in [-0.15, -0.1) is 0 Å². The van der Waals surface area contributed by atoms with Gasteiger partial charge in [0.25, 0.3) is 5.91 Å². The molecule has 1 N–H and O–H groups in total. The van der Waals surface area contributed by atoms with Crippen molar-refractivity contribution in [1.82, 2.24) is 5.16 Å². The topological polar surface area (TPSA) is 104 Å². The van der Waals surface area contributed by atoms with Crippen molar-refractivity contribution in [2.75, 3.05) is 9.80 Å². The first-order valence-electron chi connectivity index (χ1n) is 8.60. The number of nitrogens with zero attached hydrogens (tertiary/aromatic N) is 3. The fourth-order valence-electron chi connectivity index (χ4n) is 3.29. The molecule has 0 bridgehead atoms. The second-order valence-electron chi connectivity index (χ2n) is 7.38. The van der Waals surface area contributed by atoms with Gasteiger partial charge in [0.2, 0.25) is 5.91 Å². The van der Waals surface area contributed by atoms with Crippen molar-refractivity contribution in [2.24, 2.45) is 0 Å². The molecular weight excluding hydrogens is 350 g/mol. The average molecular weight is 371 g/mol. The number of benzene rings is 1. The number of carbonyl (C=O) groups excluding carboxylic acids is 2. The first-order valence-corrected chi connectivity index (χ1v) is 8.60. The highest BCUT2D eigenvalue weighted by Crippen LogP contribution is 2.32. The first kappa shape index (κ1) is 18.6. The first-order chi connectivity index (χ1) is 12.7. The van der Waals surface area contributed by atoms with Crippen molar-refractivity contribution < 1.29 is 24.0 Å². The fraction of sp³-hybridized carbons (Fsp3) is 0.368. The Morgan fingerprint density at radius 2 is 2.04 bits per heavy atom. The molecule has 1 aromatic carbocycles. The van der Waals surface area contributed by atoms with Crippen LogP contribution >= 0.6 is 0 Å². The maximum absolute atomic E-state index is 13.4. The van der Waals surface area contributed by atoms with E-state index in [0.29, 0.717) is 17.9 Å². The molecule has 3 rings (SSSR count). The predicted octanol–water partition coefficient (Wildman–Crippen LogP) is 2.70. The molecular formula is C19H21N3O5. The molecule has 8 nitrogen and oxygen atoms in total. The van der Waals surface area contributed by atoms with Crippen LogP contribution in [0.15, 0.2) is 41.1 Å². The zero-order valence-electron chi connectivity index (χ0n) is 15.4. The van der Waals surface area contributed by atoms with Gasteiger partial charge in [0.15, 0.2) is 5.82 Å². The summed E-state index contributed by atoms with van der Waals surface area (Å²) in [6.07, 6.45) is 1.94. The zero-order chi connectivity index (χ0) is 19.8. The summed E-state index contributed by atoms with van der Waals surface area (Å²) in [7, 11) is 0. The normalized spacial score (nSPS) is 17.2. The summed E-state index contributed by atoms with van der Waals surface area (Å²) in [4.78, 5) is 40.0. The lowest BCUT2D eigenvalue weighted by molar-refractivity contribution is -0.122. The molecule has 1 aromatic heterocycles. The highest BCUT2D eigenvalue weighted by molar-refractivity contribution is 6.09. The quantitative estimate of drug-likeness (QED) is 0.886. The predicted molar refractivity (Wildman–Crippen MR) is 97.7 cm³/mol. The van der Waals surface area contributed by atoms with Crippen LogP contribution in [-0.2, 0) is 9.59 Å². The molecule has 0 saturated carbocycles. The number of rotatable bonds is 4. The van der Waals surface area contributed by atoms with Gasteiger partial charge in [-0.05, 0) is 45.4 Å². The minimum Gasteiger partial charge on any atom is -0.478 e. The van der Waals surface area contributed by atoms with Crippen LogP contribution in [-0.4, -0.2) is 39.6 Å². The number of carboxylic acids is 1. The van der Waals surface area contributed by atoms with E-state index in [1.807, 2.05) is 20.8 Å². The van der Waals surface area contributed by atoms with Crippen molar-refractivity contribution in [3.05, 3.63) is 42.2 Å². The second-order valence-corrected chi connectivity index (χ2v) is 7.38. The van der Waals surface area contributed by atoms with Gasteiger partial charge >= 0.3 is 5.97 Å². The second kappa shape index (κ2) is 6.86. The monoisotopic (exact) mass is 371 g/mol. The van der Waals surface area contributed by atoms with Crippen LogP contribution in [0.3, 0.4) is 0 Å². The van der Waals surface area contributed by atoms with Gasteiger partial charge in [0, 0.05) is 23.7 Å². The van der Waals surface area contributed by atoms with Crippen molar-refractivity contribution >= 4 is 29.3 Å². The lowest BCUT2D eigenvalue weighted by atomic mass is 10.0. The van der Waals surface area contributed by atoms with E-state index < -0.39 is 17.6 Å². The van der Waals surface area contributed by atoms with Crippen molar-refractivity contribution in [3.8, 4) is 0 Å². The number of amides is 2. The molecule has 142 valence electrons. The van der Waals surface area contributed by atoms with E-state index in [0.717, 1.165) is 0 Å². The Hall–Kier alpha value is -3.16. The lowest BCUT2D eigenvalue weighted by Crippen LogP contribution is -2.54. The molecule has 8 heteroatoms. The summed E-state index contributed by atoms with van der Waals surface area (Å²) in [5.41, 5.74) is -0.138. The van der Waals surface area contributed by atoms with Crippen LogP contribution in [0.1, 0.15) is 44.0 Å². The van der Waals surface area contributed by atoms with Crippen LogP contribution in [0.4, 0.5) is 11.5 Å². The van der Waals surface area contributed by atoms with Crippen molar-refractivity contribution in [3.63, 3.8) is 0 Å². The van der Waals surface area contributed by atoms with Gasteiger partial charge < -0.3 is 9.63 Å². The van der Waals surface area contributed by atoms with E-state index in [2.05, 4.69) is 5.16 Å². The van der Waals surface area contributed by atoms with Crippen LogP contribution < -0.4 is 9.80 Å². The lowest BCUT2D eigenvalue weighted by Gasteiger charge is -2.37. The van der Waals surface area contributed by atoms with Crippen LogP contribution in [0.5, 0.6) is 0 Å². The molecule has 1 aliphatic heterocycles. The van der Waals surface area contributed by atoms with E-state index in [1.165, 1.54) is 28.2 Å². The van der Waals surface area contributed by atoms with E-state index in [9.17, 15) is 19.5 Å². The minimum absolute atomic E-state index is 0.0579. The third kappa shape index (κ3) is 3.55. The summed E-state index contributed by atoms with van der Waals surface area (Å²) >= 11 is 0. The van der Waals surface area contributed by atoms with Crippen LogP contribution in [0.25, 0.3) is 0 Å². The van der Waals surface area contributed by atoms with Crippen LogP contribution in [0, 0.1) is 0 Å². The van der Waals surface area contributed by atoms with Gasteiger partial charge in [-0.3, -0.25) is 19.4 Å². The molecule has 27 heavy (non-hydrogen) atoms. The van der Waals surface area contributed by atoms with Crippen LogP contribution in [0.2, 0.25) is 0 Å². The number of aromatic nitrogens is 1. The largest absolute Gasteiger partial charge is 0.478 e. The van der Waals surface area contributed by atoms with Crippen molar-refractivity contribution in [2.45, 2.75) is 45.2 Å². The van der Waals surface area contributed by atoms with E-state index in [1.54, 1.807) is 18.2 Å². The highest BCUT2D eigenvalue weighted by Gasteiger charge is 2.43. The summed E-state index contributed by atoms with van der Waals surface area (Å²) in [5.74, 6) is -1.23. The number of carboxylic acid groups (broad SMARTS) is 1. The molecule has 2 heterocycles. The molecule has 1 unspecified atom stereocenters. The Kier molecular flexibility index (Phi) is 4.73. The zero-order valence-corrected chi connectivity index (χ0v) is 15.4. The number of carbonyl (C=O) groups is 3. The number of hydrogen-bond donors (Lipinski definition) is 1. The van der Waals surface area contributed by atoms with Gasteiger partial charge in [-0.25, -0.2) is 4.79 Å². The Balaban J connectivity index is 1.99. The van der Waals surface area contributed by atoms with E-state index >= 15 is 0 Å². The van der Waals surface area contributed by atoms with E-state index in [4.69, 9.17) is 4.52 Å². The minimum atomic E-state index is -1.09. The summed E-state index contributed by atoms with van der Waals surface area (Å²) in [5, 5.41) is 13.1. The van der Waals surface area contributed by atoms with E-state index in [-0.39, 0.29) is 23.8 Å². The van der Waals surface area contributed by atoms with Gasteiger partial charge in [0.05, 0.1) is 5.56 Å². The molecule has 2 amide bonds. The molecule has 0 aliphatic carbocycles. The van der Waals surface area contributed by atoms with Gasteiger partial charge in [0.1, 0.15) is 12.3 Å². The number of hydrogen-bond acceptors (Lipinski definition) is 5. The average Bonchev–Trinajstić information content (AvgIpc) is 3.23. The third-order valence-electron chi connectivity index (χ3n) is 4.41. The maximum Gasteiger partial charge on any atom is 0.335 e. The Labute approximate surface area is 156 Å². The third-order valence-corrected chi connectivity index (χ3v) is 4.41. The van der Waals surface area contributed by atoms with Gasteiger partial charge in [-0.1, -0.05) is 11.2 Å². The Morgan fingerprint density at radius 1 is 1.30 bits per heavy atom. The standard InChI is InChI=1S/C19H21N3O5/c1-19(2,3)22(15-9-10-27-20-15)17(24)14-7-8-16(23)21(14)13-6-4-5-12(11-13)18(25)26/h4-6,9-11,14H,7-8H2,1-3H3,(H,25,26). The highest BCUT2D eigenvalue weighted by atomic mass is 16.5. The summed E-state index contributed by atoms with van der Waals surface area (Å²) < 4.78 is 4.89. The number of aromatic carboxylic acids is 1. The molecule has 2 aromatic rings. The Morgan fingerprint density at radius 3 is 2.63 bits per heavy atom. The summed E-state index contributed by atoms with van der Waals surface area (Å²) in [6, 6.07) is 6.90. The summed E-state index contributed by atoms with van der Waals surface area (Å²) in [6.45, 7) is 5.60. The number of anilines is 2. The molecule has 0 radical (unpaired) electrons. The maximum atomic E-state index is 13.4. The smallest absolute Gasteiger partial charge is 0.335 e. The molecule has 1 aliphatic rings.